The quantitative estimate of drug-likeness (QED) is 0.393. The minimum atomic E-state index is -0.726. The van der Waals surface area contributed by atoms with Gasteiger partial charge in [-0.05, 0) is 54.0 Å². The topological polar surface area (TPSA) is 102 Å². The smallest absolute Gasteiger partial charge is 0.330 e. The molecule has 0 radical (unpaired) electrons. The molecule has 0 unspecified atom stereocenters. The Balaban J connectivity index is 1.94. The van der Waals surface area contributed by atoms with Crippen LogP contribution in [0.5, 0.6) is 0 Å². The summed E-state index contributed by atoms with van der Waals surface area (Å²) >= 11 is 5.10. The summed E-state index contributed by atoms with van der Waals surface area (Å²) in [6, 6.07) is 0. The van der Waals surface area contributed by atoms with Crippen LogP contribution in [0.4, 0.5) is 0 Å². The highest BCUT2D eigenvalue weighted by molar-refractivity contribution is 7.80. The van der Waals surface area contributed by atoms with Gasteiger partial charge in [0.2, 0.25) is 0 Å². The largest absolute Gasteiger partial charge is 0.462 e. The molecule has 2 heterocycles. The number of aromatic amines is 1. The molecule has 0 aliphatic carbocycles. The van der Waals surface area contributed by atoms with Gasteiger partial charge in [0, 0.05) is 17.3 Å². The molecule has 0 fully saturated rings. The molecule has 1 aliphatic heterocycles. The van der Waals surface area contributed by atoms with Crippen LogP contribution in [0.15, 0.2) is 27.9 Å². The van der Waals surface area contributed by atoms with Crippen LogP contribution < -0.4 is 16.6 Å². The van der Waals surface area contributed by atoms with E-state index in [1.807, 2.05) is 27.7 Å². The Morgan fingerprint density at radius 3 is 2.59 bits per heavy atom. The van der Waals surface area contributed by atoms with E-state index in [0.717, 1.165) is 0 Å². The summed E-state index contributed by atoms with van der Waals surface area (Å²) in [5.41, 5.74) is -1.66. The van der Waals surface area contributed by atoms with Crippen molar-refractivity contribution >= 4 is 23.2 Å². The first kappa shape index (κ1) is 23.0. The Kier molecular flexibility index (Phi) is 6.85. The number of hydrogen-bond donors (Lipinski definition) is 2. The Hall–Kier alpha value is -2.26. The van der Waals surface area contributed by atoms with Crippen molar-refractivity contribution in [1.29, 1.82) is 0 Å². The van der Waals surface area contributed by atoms with E-state index < -0.39 is 29.0 Å². The van der Waals surface area contributed by atoms with Gasteiger partial charge in [0.05, 0.1) is 10.4 Å². The highest BCUT2D eigenvalue weighted by Gasteiger charge is 2.36. The molecule has 0 saturated carbocycles. The number of thiocarbonyl (C=S) groups is 1. The number of esters is 1. The molecule has 0 spiro atoms. The number of rotatable bonds is 7. The van der Waals surface area contributed by atoms with E-state index in [9.17, 15) is 14.4 Å². The highest BCUT2D eigenvalue weighted by atomic mass is 32.1. The molecule has 1 aliphatic rings. The molecule has 0 aromatic carbocycles. The summed E-state index contributed by atoms with van der Waals surface area (Å²) in [5, 5.41) is 3.20. The number of H-pyrrole nitrogens is 1. The summed E-state index contributed by atoms with van der Waals surface area (Å²) in [5.74, 6) is -0.341. The van der Waals surface area contributed by atoms with Gasteiger partial charge in [0.1, 0.15) is 12.7 Å². The first-order chi connectivity index (χ1) is 13.3. The second kappa shape index (κ2) is 8.62. The van der Waals surface area contributed by atoms with Crippen LogP contribution in [0, 0.1) is 12.3 Å². The van der Waals surface area contributed by atoms with Crippen LogP contribution in [0.25, 0.3) is 0 Å². The number of aromatic nitrogens is 2. The predicted octanol–water partition coefficient (Wildman–Crippen LogP) is 1.97. The second-order valence-electron chi connectivity index (χ2n) is 8.65. The third kappa shape index (κ3) is 6.11. The molecule has 0 amide bonds. The number of aryl methyl sites for hydroxylation is 1. The fourth-order valence-corrected chi connectivity index (χ4v) is 3.84. The minimum absolute atomic E-state index is 0.0341. The lowest BCUT2D eigenvalue weighted by molar-refractivity contribution is -0.159. The number of carbonyl (C=O) groups excluding carboxylic acids is 1. The van der Waals surface area contributed by atoms with E-state index >= 15 is 0 Å². The monoisotopic (exact) mass is 423 g/mol. The van der Waals surface area contributed by atoms with Gasteiger partial charge in [-0.3, -0.25) is 19.1 Å². The summed E-state index contributed by atoms with van der Waals surface area (Å²) in [7, 11) is 0. The van der Waals surface area contributed by atoms with E-state index in [4.69, 9.17) is 21.7 Å². The average Bonchev–Trinajstić information content (AvgIpc) is 3.02. The third-order valence-corrected chi connectivity index (χ3v) is 4.66. The molecule has 2 atom stereocenters. The van der Waals surface area contributed by atoms with Crippen molar-refractivity contribution < 1.29 is 14.3 Å². The van der Waals surface area contributed by atoms with E-state index in [-0.39, 0.29) is 18.1 Å². The lowest BCUT2D eigenvalue weighted by Crippen LogP contribution is -2.47. The van der Waals surface area contributed by atoms with Gasteiger partial charge in [-0.2, -0.15) is 0 Å². The molecular weight excluding hydrogens is 394 g/mol. The molecule has 29 heavy (non-hydrogen) atoms. The van der Waals surface area contributed by atoms with Crippen molar-refractivity contribution in [1.82, 2.24) is 14.9 Å². The van der Waals surface area contributed by atoms with Crippen molar-refractivity contribution in [2.45, 2.75) is 65.8 Å². The predicted molar refractivity (Wildman–Crippen MR) is 114 cm³/mol. The number of carbonyl (C=O) groups is 1. The molecule has 1 aromatic rings. The molecule has 2 N–H and O–H groups in total. The van der Waals surface area contributed by atoms with Gasteiger partial charge in [0.15, 0.2) is 6.23 Å². The first-order valence-corrected chi connectivity index (χ1v) is 9.83. The second-order valence-corrected chi connectivity index (χ2v) is 9.27. The summed E-state index contributed by atoms with van der Waals surface area (Å²) < 4.78 is 12.5. The zero-order chi connectivity index (χ0) is 22.0. The van der Waals surface area contributed by atoms with Crippen molar-refractivity contribution in [3.05, 3.63) is 44.8 Å². The van der Waals surface area contributed by atoms with Crippen LogP contribution in [0.3, 0.4) is 0 Å². The fraction of sp³-hybridized carbons (Fsp3) is 0.600. The summed E-state index contributed by atoms with van der Waals surface area (Å²) in [4.78, 5) is 39.0. The van der Waals surface area contributed by atoms with E-state index in [2.05, 4.69) is 10.3 Å². The molecule has 1 aromatic heterocycles. The zero-order valence-electron chi connectivity index (χ0n) is 17.7. The van der Waals surface area contributed by atoms with Gasteiger partial charge in [0.25, 0.3) is 5.56 Å². The number of nitrogens with zero attached hydrogens (tertiary/aromatic N) is 1. The summed E-state index contributed by atoms with van der Waals surface area (Å²) in [6.45, 7) is 11.1. The Morgan fingerprint density at radius 1 is 1.31 bits per heavy atom. The molecule has 9 heteroatoms. The fourth-order valence-electron chi connectivity index (χ4n) is 3.57. The molecule has 0 bridgehead atoms. The van der Waals surface area contributed by atoms with Crippen molar-refractivity contribution in [3.8, 4) is 0 Å². The van der Waals surface area contributed by atoms with Crippen LogP contribution >= 0.6 is 12.2 Å². The maximum atomic E-state index is 12.6. The van der Waals surface area contributed by atoms with Crippen molar-refractivity contribution in [2.24, 2.45) is 5.41 Å². The van der Waals surface area contributed by atoms with E-state index in [1.54, 1.807) is 26.0 Å². The van der Waals surface area contributed by atoms with Gasteiger partial charge in [-0.1, -0.05) is 18.3 Å². The molecule has 2 rings (SSSR count). The van der Waals surface area contributed by atoms with E-state index in [0.29, 0.717) is 17.0 Å². The number of hydrogen-bond acceptors (Lipinski definition) is 6. The van der Waals surface area contributed by atoms with Crippen LogP contribution in [0.2, 0.25) is 0 Å². The Bertz CT molecular complexity index is 929. The first-order valence-electron chi connectivity index (χ1n) is 9.42. The van der Waals surface area contributed by atoms with Crippen LogP contribution in [-0.2, 0) is 14.3 Å². The maximum absolute atomic E-state index is 12.6. The van der Waals surface area contributed by atoms with Gasteiger partial charge >= 0.3 is 11.7 Å². The average molecular weight is 424 g/mol. The maximum Gasteiger partial charge on any atom is 0.330 e. The molecule has 8 nitrogen and oxygen atoms in total. The van der Waals surface area contributed by atoms with Crippen LogP contribution in [0.1, 0.15) is 52.8 Å². The van der Waals surface area contributed by atoms with Gasteiger partial charge in [-0.15, -0.1) is 0 Å². The number of ether oxygens (including phenoxy) is 2. The Morgan fingerprint density at radius 2 is 1.97 bits per heavy atom. The van der Waals surface area contributed by atoms with Crippen LogP contribution in [-0.4, -0.2) is 38.8 Å². The lowest BCUT2D eigenvalue weighted by atomic mass is 9.80. The van der Waals surface area contributed by atoms with Gasteiger partial charge < -0.3 is 14.8 Å². The van der Waals surface area contributed by atoms with Crippen molar-refractivity contribution in [3.63, 3.8) is 0 Å². The zero-order valence-corrected chi connectivity index (χ0v) is 18.5. The molecule has 0 saturated heterocycles. The SMILES string of the molecule is CC(=S)NC(C)(C)CC(C)(C)C(=O)OC[C@@H]1C=C[C@H](n2cc(C)c(=O)[nH]c2=O)O1. The van der Waals surface area contributed by atoms with Crippen molar-refractivity contribution in [2.75, 3.05) is 6.61 Å². The lowest BCUT2D eigenvalue weighted by Gasteiger charge is -2.34. The molecule has 160 valence electrons. The normalized spacial score (nSPS) is 19.2. The molecular formula is C20H29N3O5S. The van der Waals surface area contributed by atoms with E-state index in [1.165, 1.54) is 10.8 Å². The standard InChI is InChI=1S/C20H29N3O5S/c1-12-9-23(18(26)21-16(12)24)15-8-7-14(28-15)10-27-17(25)19(3,4)11-20(5,6)22-13(2)29/h7-9,14-15H,10-11H2,1-6H3,(H,22,29)(H,21,24,26)/t14-,15+/m0/s1. The highest BCUT2D eigenvalue weighted by Crippen LogP contribution is 2.30. The summed E-state index contributed by atoms with van der Waals surface area (Å²) in [6.07, 6.45) is 4.26. The third-order valence-electron chi connectivity index (χ3n) is 4.55. The minimum Gasteiger partial charge on any atom is -0.462 e. The Labute approximate surface area is 175 Å². The number of nitrogens with one attached hydrogen (secondary N) is 2. The van der Waals surface area contributed by atoms with Gasteiger partial charge in [-0.25, -0.2) is 4.79 Å².